The molecule has 2 N–H and O–H groups in total. The molecule has 0 saturated carbocycles. The highest BCUT2D eigenvalue weighted by atomic mass is 16.5. The molecule has 2 aliphatic rings. The minimum Gasteiger partial charge on any atom is -0.381 e. The fourth-order valence-corrected chi connectivity index (χ4v) is 2.86. The molecule has 0 bridgehead atoms. The highest BCUT2D eigenvalue weighted by Gasteiger charge is 2.40. The average Bonchev–Trinajstić information content (AvgIpc) is 2.45. The van der Waals surface area contributed by atoms with Gasteiger partial charge in [-0.3, -0.25) is 4.79 Å². The van der Waals surface area contributed by atoms with Gasteiger partial charge in [-0.15, -0.1) is 0 Å². The second-order valence-corrected chi connectivity index (χ2v) is 5.65. The first-order valence-electron chi connectivity index (χ1n) is 7.43. The van der Waals surface area contributed by atoms with Crippen LogP contribution >= 0.6 is 0 Å². The minimum atomic E-state index is -0.352. The van der Waals surface area contributed by atoms with E-state index >= 15 is 0 Å². The van der Waals surface area contributed by atoms with Crippen molar-refractivity contribution in [2.24, 2.45) is 5.73 Å². The molecule has 0 aromatic rings. The van der Waals surface area contributed by atoms with E-state index in [2.05, 4.69) is 6.92 Å². The van der Waals surface area contributed by atoms with Gasteiger partial charge in [-0.05, 0) is 6.42 Å². The summed E-state index contributed by atoms with van der Waals surface area (Å²) in [6, 6.07) is -0.352. The molecule has 2 heterocycles. The molecule has 0 aromatic heterocycles. The molecule has 1 amide bonds. The first-order valence-corrected chi connectivity index (χ1v) is 7.43. The average molecular weight is 270 g/mol. The third-order valence-corrected chi connectivity index (χ3v) is 4.15. The molecule has 19 heavy (non-hydrogen) atoms. The molecular weight excluding hydrogens is 244 g/mol. The van der Waals surface area contributed by atoms with E-state index in [1.165, 1.54) is 0 Å². The Labute approximate surface area is 115 Å². The van der Waals surface area contributed by atoms with Gasteiger partial charge in [0.1, 0.15) is 0 Å². The van der Waals surface area contributed by atoms with Gasteiger partial charge in [-0.25, -0.2) is 0 Å². The van der Waals surface area contributed by atoms with Crippen molar-refractivity contribution in [3.05, 3.63) is 0 Å². The summed E-state index contributed by atoms with van der Waals surface area (Å²) in [7, 11) is 0. The van der Waals surface area contributed by atoms with Crippen molar-refractivity contribution in [2.45, 2.75) is 50.7 Å². The van der Waals surface area contributed by atoms with Crippen molar-refractivity contribution in [3.8, 4) is 0 Å². The third-order valence-electron chi connectivity index (χ3n) is 4.15. The van der Waals surface area contributed by atoms with Gasteiger partial charge in [-0.2, -0.15) is 0 Å². The number of nitrogens with zero attached hydrogens (tertiary/aromatic N) is 1. The molecule has 1 spiro atoms. The van der Waals surface area contributed by atoms with Crippen LogP contribution in [0.15, 0.2) is 0 Å². The van der Waals surface area contributed by atoms with Gasteiger partial charge in [-0.1, -0.05) is 19.8 Å². The lowest BCUT2D eigenvalue weighted by molar-refractivity contribution is -0.168. The number of hydrogen-bond donors (Lipinski definition) is 1. The molecule has 2 fully saturated rings. The van der Waals surface area contributed by atoms with Crippen LogP contribution in [-0.4, -0.2) is 55.4 Å². The van der Waals surface area contributed by atoms with E-state index in [1.54, 1.807) is 0 Å². The van der Waals surface area contributed by atoms with Crippen LogP contribution in [0.3, 0.4) is 0 Å². The summed E-state index contributed by atoms with van der Waals surface area (Å²) in [4.78, 5) is 14.2. The Balaban J connectivity index is 1.91. The van der Waals surface area contributed by atoms with Gasteiger partial charge in [0.15, 0.2) is 0 Å². The number of rotatable bonds is 4. The summed E-state index contributed by atoms with van der Waals surface area (Å²) in [6.45, 7) is 5.53. The zero-order valence-electron chi connectivity index (χ0n) is 11.9. The molecule has 0 aromatic carbocycles. The number of amides is 1. The fraction of sp³-hybridized carbons (Fsp3) is 0.929. The van der Waals surface area contributed by atoms with E-state index in [0.29, 0.717) is 19.7 Å². The first kappa shape index (κ1) is 14.8. The number of carbonyl (C=O) groups is 1. The largest absolute Gasteiger partial charge is 0.381 e. The van der Waals surface area contributed by atoms with Crippen LogP contribution in [-0.2, 0) is 14.3 Å². The molecule has 110 valence electrons. The van der Waals surface area contributed by atoms with E-state index in [-0.39, 0.29) is 17.6 Å². The van der Waals surface area contributed by atoms with Gasteiger partial charge in [0, 0.05) is 39.1 Å². The number of hydrogen-bond acceptors (Lipinski definition) is 4. The van der Waals surface area contributed by atoms with Gasteiger partial charge in [0.05, 0.1) is 18.2 Å². The van der Waals surface area contributed by atoms with Crippen LogP contribution in [0, 0.1) is 0 Å². The lowest BCUT2D eigenvalue weighted by Gasteiger charge is -2.45. The van der Waals surface area contributed by atoms with Crippen molar-refractivity contribution >= 4 is 5.91 Å². The van der Waals surface area contributed by atoms with E-state index < -0.39 is 0 Å². The van der Waals surface area contributed by atoms with Crippen LogP contribution in [0.2, 0.25) is 0 Å². The molecule has 2 aliphatic heterocycles. The van der Waals surface area contributed by atoms with Crippen molar-refractivity contribution < 1.29 is 14.3 Å². The maximum atomic E-state index is 12.3. The third kappa shape index (κ3) is 3.68. The molecular formula is C14H26N2O3. The Bertz CT molecular complexity index is 298. The van der Waals surface area contributed by atoms with E-state index in [9.17, 15) is 4.79 Å². The van der Waals surface area contributed by atoms with Crippen LogP contribution in [0.5, 0.6) is 0 Å². The smallest absolute Gasteiger partial charge is 0.239 e. The van der Waals surface area contributed by atoms with Gasteiger partial charge >= 0.3 is 0 Å². The molecule has 2 rings (SSSR count). The molecule has 1 atom stereocenters. The normalized spacial score (nSPS) is 24.4. The monoisotopic (exact) mass is 270 g/mol. The zero-order chi connectivity index (χ0) is 13.7. The maximum absolute atomic E-state index is 12.3. The lowest BCUT2D eigenvalue weighted by Crippen LogP contribution is -2.58. The Morgan fingerprint density at radius 2 is 2.11 bits per heavy atom. The number of ether oxygens (including phenoxy) is 2. The quantitative estimate of drug-likeness (QED) is 0.825. The van der Waals surface area contributed by atoms with Crippen molar-refractivity contribution in [1.82, 2.24) is 4.90 Å². The summed E-state index contributed by atoms with van der Waals surface area (Å²) in [5.74, 6) is 0.0858. The topological polar surface area (TPSA) is 64.8 Å². The Hall–Kier alpha value is -0.650. The number of unbranched alkanes of at least 4 members (excludes halogenated alkanes) is 1. The minimum absolute atomic E-state index is 0.0858. The van der Waals surface area contributed by atoms with Crippen LogP contribution in [0.1, 0.15) is 39.0 Å². The second kappa shape index (κ2) is 6.68. The number of carbonyl (C=O) groups excluding carboxylic acids is 1. The van der Waals surface area contributed by atoms with Gasteiger partial charge < -0.3 is 20.1 Å². The van der Waals surface area contributed by atoms with E-state index in [4.69, 9.17) is 15.2 Å². The highest BCUT2D eigenvalue weighted by molar-refractivity contribution is 5.81. The highest BCUT2D eigenvalue weighted by Crippen LogP contribution is 2.29. The summed E-state index contributed by atoms with van der Waals surface area (Å²) in [5, 5.41) is 0. The summed E-state index contributed by atoms with van der Waals surface area (Å²) >= 11 is 0. The van der Waals surface area contributed by atoms with E-state index in [1.807, 2.05) is 4.90 Å². The van der Waals surface area contributed by atoms with Crippen molar-refractivity contribution in [1.29, 1.82) is 0 Å². The molecule has 0 unspecified atom stereocenters. The fourth-order valence-electron chi connectivity index (χ4n) is 2.86. The Kier molecular flexibility index (Phi) is 5.19. The van der Waals surface area contributed by atoms with E-state index in [0.717, 1.165) is 45.3 Å². The molecule has 5 heteroatoms. The first-order chi connectivity index (χ1) is 9.17. The molecule has 0 aliphatic carbocycles. The molecule has 2 saturated heterocycles. The standard InChI is InChI=1S/C14H26N2O3/c1-2-3-4-12(15)13(17)16-7-10-19-14(11-16)5-8-18-9-6-14/h12H,2-11,15H2,1H3/t12-/m1/s1. The van der Waals surface area contributed by atoms with Gasteiger partial charge in [0.2, 0.25) is 5.91 Å². The molecule has 5 nitrogen and oxygen atoms in total. The Morgan fingerprint density at radius 3 is 2.79 bits per heavy atom. The van der Waals surface area contributed by atoms with Crippen LogP contribution < -0.4 is 5.73 Å². The summed E-state index contributed by atoms with van der Waals surface area (Å²) in [6.07, 6.45) is 4.62. The predicted molar refractivity (Wildman–Crippen MR) is 72.8 cm³/mol. The van der Waals surface area contributed by atoms with Crippen LogP contribution in [0.25, 0.3) is 0 Å². The van der Waals surface area contributed by atoms with Crippen molar-refractivity contribution in [2.75, 3.05) is 32.9 Å². The Morgan fingerprint density at radius 1 is 1.37 bits per heavy atom. The van der Waals surface area contributed by atoms with Crippen molar-refractivity contribution in [3.63, 3.8) is 0 Å². The summed E-state index contributed by atoms with van der Waals surface area (Å²) < 4.78 is 11.3. The number of nitrogens with two attached hydrogens (primary N) is 1. The summed E-state index contributed by atoms with van der Waals surface area (Å²) in [5.41, 5.74) is 5.81. The van der Waals surface area contributed by atoms with Crippen LogP contribution in [0.4, 0.5) is 0 Å². The maximum Gasteiger partial charge on any atom is 0.239 e. The lowest BCUT2D eigenvalue weighted by atomic mass is 9.91. The SMILES string of the molecule is CCCC[C@@H](N)C(=O)N1CCOC2(CCOCC2)C1. The van der Waals surface area contributed by atoms with Gasteiger partial charge in [0.25, 0.3) is 0 Å². The zero-order valence-corrected chi connectivity index (χ0v) is 11.9. The predicted octanol–water partition coefficient (Wildman–Crippen LogP) is 0.912. The second-order valence-electron chi connectivity index (χ2n) is 5.65. The molecule has 0 radical (unpaired) electrons. The number of morpholine rings is 1.